The third-order valence-corrected chi connectivity index (χ3v) is 3.94. The van der Waals surface area contributed by atoms with Gasteiger partial charge in [0.05, 0.1) is 11.1 Å². The van der Waals surface area contributed by atoms with Crippen molar-refractivity contribution < 1.29 is 42.9 Å². The molecule has 0 radical (unpaired) electrons. The number of ether oxygens (including phenoxy) is 4. The molecule has 0 N–H and O–H groups in total. The van der Waals surface area contributed by atoms with Crippen LogP contribution in [0.4, 0.5) is 0 Å². The van der Waals surface area contributed by atoms with Gasteiger partial charge >= 0.3 is 23.9 Å². The molecule has 32 heavy (non-hydrogen) atoms. The zero-order valence-electron chi connectivity index (χ0n) is 18.1. The van der Waals surface area contributed by atoms with Crippen molar-refractivity contribution in [2.24, 2.45) is 0 Å². The van der Waals surface area contributed by atoms with Crippen LogP contribution in [0.15, 0.2) is 36.4 Å². The fourth-order valence-corrected chi connectivity index (χ4v) is 2.54. The minimum absolute atomic E-state index is 0.0330. The first-order chi connectivity index (χ1) is 15.1. The highest BCUT2D eigenvalue weighted by Gasteiger charge is 2.23. The van der Waals surface area contributed by atoms with Crippen molar-refractivity contribution >= 4 is 29.7 Å². The molecule has 0 heterocycles. The standard InChI is InChI=1S/C23H22O9/c1-5-21(26)31-16-8-10-17(19(12-16)30-14(4)25)23(28)18-9-7-15(29-13(3)24)11-20(18)32-22(27)6-2/h7-12H,5-6H2,1-4H3. The zero-order chi connectivity index (χ0) is 23.8. The second-order valence-corrected chi connectivity index (χ2v) is 6.49. The van der Waals surface area contributed by atoms with Gasteiger partial charge in [-0.25, -0.2) is 0 Å². The summed E-state index contributed by atoms with van der Waals surface area (Å²) in [7, 11) is 0. The van der Waals surface area contributed by atoms with E-state index in [1.165, 1.54) is 43.3 Å². The molecular weight excluding hydrogens is 420 g/mol. The van der Waals surface area contributed by atoms with E-state index in [0.29, 0.717) is 0 Å². The fraction of sp³-hybridized carbons (Fsp3) is 0.261. The Kier molecular flexibility index (Phi) is 8.23. The Morgan fingerprint density at radius 3 is 1.53 bits per heavy atom. The van der Waals surface area contributed by atoms with Gasteiger partial charge < -0.3 is 18.9 Å². The van der Waals surface area contributed by atoms with E-state index in [1.54, 1.807) is 13.8 Å². The average molecular weight is 442 g/mol. The Morgan fingerprint density at radius 1 is 0.625 bits per heavy atom. The van der Waals surface area contributed by atoms with Crippen molar-refractivity contribution in [1.82, 2.24) is 0 Å². The van der Waals surface area contributed by atoms with E-state index in [0.717, 1.165) is 6.92 Å². The van der Waals surface area contributed by atoms with Crippen LogP contribution in [-0.2, 0) is 19.2 Å². The molecule has 0 aliphatic heterocycles. The van der Waals surface area contributed by atoms with Crippen molar-refractivity contribution in [3.63, 3.8) is 0 Å². The molecule has 2 aromatic carbocycles. The van der Waals surface area contributed by atoms with Gasteiger partial charge in [-0.2, -0.15) is 0 Å². The molecule has 0 bridgehead atoms. The molecule has 2 aromatic rings. The summed E-state index contributed by atoms with van der Waals surface area (Å²) in [4.78, 5) is 59.5. The number of hydrogen-bond acceptors (Lipinski definition) is 9. The molecule has 168 valence electrons. The predicted molar refractivity (Wildman–Crippen MR) is 111 cm³/mol. The Hall–Kier alpha value is -4.01. The van der Waals surface area contributed by atoms with Crippen LogP contribution in [0.25, 0.3) is 0 Å². The lowest BCUT2D eigenvalue weighted by Gasteiger charge is -2.14. The first-order valence-electron chi connectivity index (χ1n) is 9.75. The number of carbonyl (C=O) groups is 5. The molecule has 0 aliphatic rings. The second-order valence-electron chi connectivity index (χ2n) is 6.49. The van der Waals surface area contributed by atoms with Crippen molar-refractivity contribution in [3.05, 3.63) is 47.5 Å². The van der Waals surface area contributed by atoms with Crippen LogP contribution in [0, 0.1) is 0 Å². The van der Waals surface area contributed by atoms with E-state index >= 15 is 0 Å². The number of carbonyl (C=O) groups excluding carboxylic acids is 5. The van der Waals surface area contributed by atoms with Gasteiger partial charge in [0.2, 0.25) is 5.78 Å². The minimum Gasteiger partial charge on any atom is -0.427 e. The summed E-state index contributed by atoms with van der Waals surface area (Å²) in [6.45, 7) is 5.55. The lowest BCUT2D eigenvalue weighted by molar-refractivity contribution is -0.135. The lowest BCUT2D eigenvalue weighted by Crippen LogP contribution is -2.13. The quantitative estimate of drug-likeness (QED) is 0.344. The minimum atomic E-state index is -0.694. The molecule has 0 amide bonds. The summed E-state index contributed by atoms with van der Waals surface area (Å²) < 4.78 is 20.5. The first-order valence-corrected chi connectivity index (χ1v) is 9.75. The fourth-order valence-electron chi connectivity index (χ4n) is 2.54. The molecule has 0 saturated carbocycles. The van der Waals surface area contributed by atoms with E-state index < -0.39 is 29.7 Å². The summed E-state index contributed by atoms with van der Waals surface area (Å²) in [5.74, 6) is -3.14. The summed E-state index contributed by atoms with van der Waals surface area (Å²) in [5, 5.41) is 0. The molecule has 0 fully saturated rings. The van der Waals surface area contributed by atoms with E-state index in [9.17, 15) is 24.0 Å². The van der Waals surface area contributed by atoms with E-state index in [-0.39, 0.29) is 47.0 Å². The van der Waals surface area contributed by atoms with Crippen LogP contribution in [0.1, 0.15) is 56.5 Å². The normalized spacial score (nSPS) is 10.1. The molecule has 0 aromatic heterocycles. The smallest absolute Gasteiger partial charge is 0.310 e. The van der Waals surface area contributed by atoms with Gasteiger partial charge in [0, 0.05) is 38.8 Å². The SMILES string of the molecule is CCC(=O)Oc1ccc(C(=O)c2ccc(OC(C)=O)cc2OC(=O)CC)c(OC(C)=O)c1. The van der Waals surface area contributed by atoms with Gasteiger partial charge in [-0.15, -0.1) is 0 Å². The molecule has 9 heteroatoms. The molecule has 2 rings (SSSR count). The molecule has 0 atom stereocenters. The summed E-state index contributed by atoms with van der Waals surface area (Å²) in [6, 6.07) is 7.86. The number of rotatable bonds is 8. The Bertz CT molecular complexity index is 1070. The van der Waals surface area contributed by atoms with Gasteiger partial charge in [0.15, 0.2) is 0 Å². The maximum Gasteiger partial charge on any atom is 0.310 e. The molecule has 0 aliphatic carbocycles. The van der Waals surface area contributed by atoms with Crippen LogP contribution in [0.5, 0.6) is 23.0 Å². The second kappa shape index (κ2) is 10.9. The number of hydrogen-bond donors (Lipinski definition) is 0. The van der Waals surface area contributed by atoms with Crippen molar-refractivity contribution in [2.75, 3.05) is 0 Å². The van der Waals surface area contributed by atoms with Crippen LogP contribution < -0.4 is 18.9 Å². The maximum atomic E-state index is 13.3. The lowest BCUT2D eigenvalue weighted by atomic mass is 10.0. The summed E-state index contributed by atoms with van der Waals surface area (Å²) in [6.07, 6.45) is 0.173. The van der Waals surface area contributed by atoms with Gasteiger partial charge in [0.1, 0.15) is 23.0 Å². The molecule has 9 nitrogen and oxygen atoms in total. The van der Waals surface area contributed by atoms with E-state index in [4.69, 9.17) is 18.9 Å². The molecule has 0 saturated heterocycles. The highest BCUT2D eigenvalue weighted by molar-refractivity contribution is 6.13. The Morgan fingerprint density at radius 2 is 1.06 bits per heavy atom. The van der Waals surface area contributed by atoms with E-state index in [1.807, 2.05) is 0 Å². The van der Waals surface area contributed by atoms with Gasteiger partial charge in [-0.1, -0.05) is 13.8 Å². The summed E-state index contributed by atoms with van der Waals surface area (Å²) >= 11 is 0. The highest BCUT2D eigenvalue weighted by Crippen LogP contribution is 2.32. The number of ketones is 1. The summed E-state index contributed by atoms with van der Waals surface area (Å²) in [5.41, 5.74) is -0.0695. The molecule has 0 spiro atoms. The monoisotopic (exact) mass is 442 g/mol. The molecular formula is C23H22O9. The van der Waals surface area contributed by atoms with Gasteiger partial charge in [0.25, 0.3) is 0 Å². The van der Waals surface area contributed by atoms with Crippen LogP contribution in [0.3, 0.4) is 0 Å². The third kappa shape index (κ3) is 6.49. The average Bonchev–Trinajstić information content (AvgIpc) is 2.72. The van der Waals surface area contributed by atoms with Crippen molar-refractivity contribution in [2.45, 2.75) is 40.5 Å². The van der Waals surface area contributed by atoms with Crippen LogP contribution in [-0.4, -0.2) is 29.7 Å². The topological polar surface area (TPSA) is 122 Å². The zero-order valence-corrected chi connectivity index (χ0v) is 18.1. The predicted octanol–water partition coefficient (Wildman–Crippen LogP) is 3.40. The molecule has 0 unspecified atom stereocenters. The Balaban J connectivity index is 2.53. The largest absolute Gasteiger partial charge is 0.427 e. The van der Waals surface area contributed by atoms with Crippen LogP contribution in [0.2, 0.25) is 0 Å². The number of esters is 4. The highest BCUT2D eigenvalue weighted by atomic mass is 16.6. The van der Waals surface area contributed by atoms with E-state index in [2.05, 4.69) is 0 Å². The maximum absolute atomic E-state index is 13.3. The van der Waals surface area contributed by atoms with Gasteiger partial charge in [-0.3, -0.25) is 24.0 Å². The van der Waals surface area contributed by atoms with Crippen molar-refractivity contribution in [3.8, 4) is 23.0 Å². The number of benzene rings is 2. The Labute approximate surface area is 184 Å². The van der Waals surface area contributed by atoms with Crippen molar-refractivity contribution in [1.29, 1.82) is 0 Å². The van der Waals surface area contributed by atoms with Gasteiger partial charge in [-0.05, 0) is 24.3 Å². The van der Waals surface area contributed by atoms with Crippen LogP contribution >= 0.6 is 0 Å². The first kappa shape index (κ1) is 24.3. The third-order valence-electron chi connectivity index (χ3n) is 3.94.